The molecule has 6 aliphatic heterocycles. The molecule has 2 unspecified atom stereocenters. The summed E-state index contributed by atoms with van der Waals surface area (Å²) in [7, 11) is 0. The maximum atomic E-state index is 12.5. The first-order valence-electron chi connectivity index (χ1n) is 14.5. The van der Waals surface area contributed by atoms with Crippen molar-refractivity contribution in [3.63, 3.8) is 0 Å². The van der Waals surface area contributed by atoms with Gasteiger partial charge in [0.25, 0.3) is 11.8 Å². The summed E-state index contributed by atoms with van der Waals surface area (Å²) in [6.45, 7) is 6.74. The number of amides is 2. The molecule has 6 fully saturated rings. The molecule has 2 amide bonds. The Morgan fingerprint density at radius 3 is 1.45 bits per heavy atom. The van der Waals surface area contributed by atoms with E-state index in [1.54, 1.807) is 21.4 Å². The number of nitrogens with zero attached hydrogens (tertiary/aromatic N) is 6. The quantitative estimate of drug-likeness (QED) is 0.412. The highest BCUT2D eigenvalue weighted by Crippen LogP contribution is 2.29. The summed E-state index contributed by atoms with van der Waals surface area (Å²) >= 11 is 0. The molecule has 4 aromatic heterocycles. The van der Waals surface area contributed by atoms with Crippen molar-refractivity contribution in [1.82, 2.24) is 39.7 Å². The first-order chi connectivity index (χ1) is 19.6. The third-order valence-electron chi connectivity index (χ3n) is 9.29. The Morgan fingerprint density at radius 2 is 1.07 bits per heavy atom. The maximum Gasteiger partial charge on any atom is 0.255 e. The van der Waals surface area contributed by atoms with E-state index in [9.17, 15) is 9.59 Å². The Kier molecular flexibility index (Phi) is 6.73. The van der Waals surface area contributed by atoms with Gasteiger partial charge in [-0.05, 0) is 88.0 Å². The van der Waals surface area contributed by atoms with Crippen molar-refractivity contribution in [2.75, 3.05) is 39.3 Å². The SMILES string of the molecule is O=C(NC1CN2CCC1CC2)c1cnn2ccccc12.O=C(NC1CN2CCC1CC2)c1cnn2ccccc12. The lowest BCUT2D eigenvalue weighted by Crippen LogP contribution is -2.57. The van der Waals surface area contributed by atoms with Crippen LogP contribution >= 0.6 is 0 Å². The average molecular weight is 541 g/mol. The number of piperidine rings is 6. The van der Waals surface area contributed by atoms with Crippen molar-refractivity contribution in [1.29, 1.82) is 0 Å². The number of rotatable bonds is 4. The van der Waals surface area contributed by atoms with Gasteiger partial charge in [0.15, 0.2) is 0 Å². The fourth-order valence-electron chi connectivity index (χ4n) is 6.97. The second kappa shape index (κ2) is 10.7. The van der Waals surface area contributed by atoms with Crippen LogP contribution in [0.2, 0.25) is 0 Å². The third kappa shape index (κ3) is 4.86. The van der Waals surface area contributed by atoms with E-state index < -0.39 is 0 Å². The molecule has 6 aliphatic rings. The molecule has 0 spiro atoms. The zero-order valence-electron chi connectivity index (χ0n) is 22.7. The van der Waals surface area contributed by atoms with Gasteiger partial charge in [0, 0.05) is 37.6 Å². The number of hydrogen-bond donors (Lipinski definition) is 2. The van der Waals surface area contributed by atoms with Crippen molar-refractivity contribution >= 4 is 22.8 Å². The number of hydrogen-bond acceptors (Lipinski definition) is 6. The number of carbonyl (C=O) groups excluding carboxylic acids is 2. The van der Waals surface area contributed by atoms with Crippen LogP contribution in [0, 0.1) is 11.8 Å². The summed E-state index contributed by atoms with van der Waals surface area (Å²) in [6.07, 6.45) is 11.9. The molecule has 10 rings (SSSR count). The van der Waals surface area contributed by atoms with Gasteiger partial charge in [-0.25, -0.2) is 9.03 Å². The van der Waals surface area contributed by atoms with Gasteiger partial charge in [0.1, 0.15) is 0 Å². The molecule has 40 heavy (non-hydrogen) atoms. The Labute approximate surface area is 233 Å². The normalized spacial score (nSPS) is 28.7. The standard InChI is InChI=1S/2C15H18N4O/c2*20-15(12-9-16-19-6-2-1-3-14(12)19)17-13-10-18-7-4-11(13)5-8-18/h2*1-3,6,9,11,13H,4-5,7-8,10H2,(H,17,20). The Morgan fingerprint density at radius 1 is 0.650 bits per heavy atom. The van der Waals surface area contributed by atoms with Crippen LogP contribution in [0.25, 0.3) is 11.0 Å². The lowest BCUT2D eigenvalue weighted by atomic mass is 9.84. The molecule has 4 bridgehead atoms. The molecular formula is C30H36N8O2. The summed E-state index contributed by atoms with van der Waals surface area (Å²) in [5.74, 6) is 1.30. The van der Waals surface area contributed by atoms with Crippen molar-refractivity contribution in [2.24, 2.45) is 11.8 Å². The van der Waals surface area contributed by atoms with E-state index in [1.165, 1.54) is 51.9 Å². The zero-order valence-corrected chi connectivity index (χ0v) is 22.7. The first-order valence-corrected chi connectivity index (χ1v) is 14.5. The predicted molar refractivity (Wildman–Crippen MR) is 151 cm³/mol. The molecule has 0 aliphatic carbocycles. The van der Waals surface area contributed by atoms with Crippen LogP contribution in [0.4, 0.5) is 0 Å². The highest BCUT2D eigenvalue weighted by atomic mass is 16.2. The Balaban J connectivity index is 0.000000132. The number of aromatic nitrogens is 4. The maximum absolute atomic E-state index is 12.5. The minimum Gasteiger partial charge on any atom is -0.348 e. The van der Waals surface area contributed by atoms with Gasteiger partial charge in [-0.1, -0.05) is 12.1 Å². The van der Waals surface area contributed by atoms with E-state index in [0.29, 0.717) is 35.0 Å². The molecule has 208 valence electrons. The first kappa shape index (κ1) is 25.2. The van der Waals surface area contributed by atoms with Crippen molar-refractivity contribution in [3.05, 3.63) is 72.3 Å². The number of carbonyl (C=O) groups is 2. The molecule has 0 saturated carbocycles. The second-order valence-corrected chi connectivity index (χ2v) is 11.6. The lowest BCUT2D eigenvalue weighted by Gasteiger charge is -2.44. The van der Waals surface area contributed by atoms with E-state index >= 15 is 0 Å². The summed E-state index contributed by atoms with van der Waals surface area (Å²) < 4.78 is 3.48. The highest BCUT2D eigenvalue weighted by molar-refractivity contribution is 6.01. The van der Waals surface area contributed by atoms with Crippen LogP contribution in [0.15, 0.2) is 61.2 Å². The van der Waals surface area contributed by atoms with Crippen LogP contribution in [0.1, 0.15) is 46.4 Å². The van der Waals surface area contributed by atoms with Crippen LogP contribution in [0.3, 0.4) is 0 Å². The molecule has 10 nitrogen and oxygen atoms in total. The number of nitrogens with one attached hydrogen (secondary N) is 2. The predicted octanol–water partition coefficient (Wildman–Crippen LogP) is 2.32. The van der Waals surface area contributed by atoms with Gasteiger partial charge in [0.2, 0.25) is 0 Å². The molecule has 6 saturated heterocycles. The zero-order chi connectivity index (χ0) is 27.1. The van der Waals surface area contributed by atoms with Gasteiger partial charge >= 0.3 is 0 Å². The highest BCUT2D eigenvalue weighted by Gasteiger charge is 2.36. The minimum absolute atomic E-state index is 0.00458. The Bertz CT molecular complexity index is 1400. The number of pyridine rings is 2. The van der Waals surface area contributed by atoms with Crippen molar-refractivity contribution in [2.45, 2.75) is 37.8 Å². The van der Waals surface area contributed by atoms with Crippen molar-refractivity contribution < 1.29 is 9.59 Å². The fraction of sp³-hybridized carbons (Fsp3) is 0.467. The summed E-state index contributed by atoms with van der Waals surface area (Å²) in [4.78, 5) is 29.9. The van der Waals surface area contributed by atoms with Crippen LogP contribution < -0.4 is 10.6 Å². The van der Waals surface area contributed by atoms with Crippen LogP contribution in [0.5, 0.6) is 0 Å². The van der Waals surface area contributed by atoms with Crippen LogP contribution in [-0.2, 0) is 0 Å². The lowest BCUT2D eigenvalue weighted by molar-refractivity contribution is 0.0618. The molecule has 10 heterocycles. The molecular weight excluding hydrogens is 504 g/mol. The fourth-order valence-corrected chi connectivity index (χ4v) is 6.97. The third-order valence-corrected chi connectivity index (χ3v) is 9.29. The molecule has 4 aromatic rings. The average Bonchev–Trinajstić information content (AvgIpc) is 3.64. The Hall–Kier alpha value is -3.76. The molecule has 10 heteroatoms. The van der Waals surface area contributed by atoms with E-state index in [1.807, 2.05) is 48.8 Å². The van der Waals surface area contributed by atoms with Gasteiger partial charge in [-0.2, -0.15) is 10.2 Å². The molecule has 2 N–H and O–H groups in total. The van der Waals surface area contributed by atoms with Crippen LogP contribution in [-0.4, -0.2) is 92.2 Å². The summed E-state index contributed by atoms with van der Waals surface area (Å²) in [5.41, 5.74) is 3.07. The van der Waals surface area contributed by atoms with Gasteiger partial charge in [0.05, 0.1) is 34.6 Å². The van der Waals surface area contributed by atoms with E-state index in [0.717, 1.165) is 24.1 Å². The van der Waals surface area contributed by atoms with Gasteiger partial charge in [-0.15, -0.1) is 0 Å². The van der Waals surface area contributed by atoms with E-state index in [-0.39, 0.29) is 11.8 Å². The smallest absolute Gasteiger partial charge is 0.255 e. The van der Waals surface area contributed by atoms with Gasteiger partial charge in [-0.3, -0.25) is 9.59 Å². The molecule has 0 radical (unpaired) electrons. The summed E-state index contributed by atoms with van der Waals surface area (Å²) in [6, 6.07) is 12.1. The van der Waals surface area contributed by atoms with Gasteiger partial charge < -0.3 is 20.4 Å². The molecule has 2 atom stereocenters. The largest absolute Gasteiger partial charge is 0.348 e. The summed E-state index contributed by atoms with van der Waals surface area (Å²) in [5, 5.41) is 14.9. The van der Waals surface area contributed by atoms with E-state index in [4.69, 9.17) is 0 Å². The minimum atomic E-state index is 0.00458. The molecule has 0 aromatic carbocycles. The van der Waals surface area contributed by atoms with Crippen molar-refractivity contribution in [3.8, 4) is 0 Å². The number of fused-ring (bicyclic) bond motifs is 8. The second-order valence-electron chi connectivity index (χ2n) is 11.6. The topological polar surface area (TPSA) is 99.3 Å². The monoisotopic (exact) mass is 540 g/mol. The van der Waals surface area contributed by atoms with E-state index in [2.05, 4.69) is 30.6 Å².